The third kappa shape index (κ3) is 14.4. The van der Waals surface area contributed by atoms with E-state index in [-0.39, 0.29) is 93.5 Å². The van der Waals surface area contributed by atoms with Crippen LogP contribution in [-0.4, -0.2) is 205 Å². The number of nitrogens with one attached hydrogen (secondary N) is 2. The van der Waals surface area contributed by atoms with Crippen molar-refractivity contribution in [2.75, 3.05) is 123 Å². The monoisotopic (exact) mass is 1480 g/mol. The smallest absolute Gasteiger partial charge is 0.341 e. The Labute approximate surface area is 604 Å². The minimum absolute atomic E-state index is 0.00687. The highest BCUT2D eigenvalue weighted by Gasteiger charge is 2.52. The van der Waals surface area contributed by atoms with E-state index in [1.165, 1.54) is 60.1 Å². The number of rotatable bonds is 17. The first kappa shape index (κ1) is 70.5. The lowest BCUT2D eigenvalue weighted by Crippen LogP contribution is -2.66. The Bertz CT molecular complexity index is 4670. The van der Waals surface area contributed by atoms with Gasteiger partial charge >= 0.3 is 5.97 Å². The number of aliphatic hydroxyl groups excluding tert-OH is 2. The molecule has 31 nitrogen and oxygen atoms in total. The number of ether oxygens (including phenoxy) is 3. The maximum atomic E-state index is 13.8. The number of amides is 2. The molecule has 9 fully saturated rings. The zero-order chi connectivity index (χ0) is 75.8. The number of carbonyl (C=O) groups excluding carboxylic acids is 3. The molecule has 566 valence electrons. The van der Waals surface area contributed by atoms with Crippen molar-refractivity contribution in [2.24, 2.45) is 34.0 Å². The van der Waals surface area contributed by atoms with Crippen molar-refractivity contribution >= 4 is 75.5 Å². The molecular weight excluding hydrogens is 1400 g/mol. The number of nitrogens with two attached hydrogens (primary N) is 1. The molecule has 2 amide bonds. The van der Waals surface area contributed by atoms with Crippen molar-refractivity contribution in [2.45, 2.75) is 114 Å². The van der Waals surface area contributed by atoms with Gasteiger partial charge in [0.05, 0.1) is 110 Å². The molecule has 9 aliphatic rings. The lowest BCUT2D eigenvalue weighted by Gasteiger charge is -2.55. The SMILES string of the molecule is Nc1cn(C2CCC(CO)CC2)nc1C(F)F.O=C(Nc1cn(C2CCC(CO)CC2)nc1C(F)F)c1cnn2ccc(N3CC4(COC4)C3)nc12.O=C(O)c1cnn2ccc(N3CC4(COC4)C3)nc12.O=CC1CCC(n2cc(NC(=O)c3cnn4ccc(N5CC6(COC6)C5)nc34)c(C(F)F)n2)CC1.[2H][3H]. The van der Waals surface area contributed by atoms with Crippen LogP contribution in [0.25, 0.3) is 16.9 Å². The van der Waals surface area contributed by atoms with Crippen LogP contribution in [0.15, 0.2) is 74.0 Å². The molecule has 3 spiro atoms. The van der Waals surface area contributed by atoms with E-state index in [4.69, 9.17) is 33.1 Å². The van der Waals surface area contributed by atoms with E-state index in [2.05, 4.69) is 70.9 Å². The van der Waals surface area contributed by atoms with Gasteiger partial charge in [0.1, 0.15) is 40.4 Å². The molecule has 37 heteroatoms. The number of aliphatic hydroxyl groups is 2. The van der Waals surface area contributed by atoms with Crippen molar-refractivity contribution in [3.05, 3.63) is 108 Å². The molecule has 0 unspecified atom stereocenters. The van der Waals surface area contributed by atoms with Crippen LogP contribution < -0.4 is 31.1 Å². The molecular formula is C69H83F6N21O10. The average molecular weight is 1480 g/mol. The predicted molar refractivity (Wildman–Crippen MR) is 370 cm³/mol. The standard InChI is InChI=1S/C23H27F2N7O3.C23H25F2N7O3.C12H12N4O3.C11H17F2N3O.H2/c2*24-20(25)19-17(8-32(29-19)15-3-1-14(9-33)2-4-15)27-22(34)16-7-26-31-6-5-18(28-21(16)31)30-10-23(11-30)12-35-13-23;17-11(18)8-3-13-16-2-1-9(14-10(8)16)15-4-12(5-15)6-19-7-12;12-11(13)10-9(14)5-16(15-10)8-3-1-7(6-17)2-4-8;/h5-8,14-15,20,33H,1-4,9-13H2,(H,27,34);5-9,14-15,20H,1-4,10-13H2,(H,27,34);1-3H,4-7H2,(H,17,18);5,7-8,11,17H,1-4,6,14H2;1H/i;;;;1+2D. The molecule has 9 aromatic rings. The summed E-state index contributed by atoms with van der Waals surface area (Å²) in [6, 6.07) is 5.55. The minimum Gasteiger partial charge on any atom is -0.477 e. The number of alkyl halides is 6. The van der Waals surface area contributed by atoms with Crippen molar-refractivity contribution < 1.29 is 78.0 Å². The molecule has 6 aliphatic heterocycles. The number of aromatic carboxylic acids is 1. The molecule has 3 saturated carbocycles. The Hall–Kier alpha value is -9.85. The molecule has 18 rings (SSSR count). The van der Waals surface area contributed by atoms with Crippen molar-refractivity contribution in [3.63, 3.8) is 0 Å². The van der Waals surface area contributed by atoms with E-state index in [0.29, 0.717) is 54.0 Å². The fourth-order valence-electron chi connectivity index (χ4n) is 15.6. The summed E-state index contributed by atoms with van der Waals surface area (Å²) in [5.41, 5.74) is 6.61. The molecule has 7 N–H and O–H groups in total. The lowest BCUT2D eigenvalue weighted by atomic mass is 9.78. The number of aldehydes is 1. The Balaban J connectivity index is 0.000000125. The highest BCUT2D eigenvalue weighted by atomic mass is 19.3. The van der Waals surface area contributed by atoms with E-state index in [1.54, 1.807) is 23.3 Å². The summed E-state index contributed by atoms with van der Waals surface area (Å²) in [4.78, 5) is 68.3. The Morgan fingerprint density at radius 2 is 0.858 bits per heavy atom. The second-order valence-electron chi connectivity index (χ2n) is 29.7. The van der Waals surface area contributed by atoms with Crippen LogP contribution in [0.3, 0.4) is 0 Å². The van der Waals surface area contributed by atoms with Gasteiger partial charge in [0, 0.05) is 98.6 Å². The number of anilines is 6. The topological polar surface area (TPSA) is 360 Å². The fraction of sp³-hybridized carbons (Fsp3) is 0.551. The second kappa shape index (κ2) is 29.5. The van der Waals surface area contributed by atoms with Gasteiger partial charge in [0.25, 0.3) is 31.1 Å². The normalized spacial score (nSPS) is 23.3. The molecule has 0 atom stereocenters. The number of hydrogen-bond acceptors (Lipinski definition) is 22. The van der Waals surface area contributed by atoms with Gasteiger partial charge in [0.2, 0.25) is 0 Å². The highest BCUT2D eigenvalue weighted by Crippen LogP contribution is 2.44. The number of carbonyl (C=O) groups is 4. The maximum Gasteiger partial charge on any atom is 0.341 e. The largest absolute Gasteiger partial charge is 0.477 e. The van der Waals surface area contributed by atoms with Crippen molar-refractivity contribution in [3.8, 4) is 0 Å². The molecule has 0 aromatic carbocycles. The molecule has 0 bridgehead atoms. The summed E-state index contributed by atoms with van der Waals surface area (Å²) in [7, 11) is 0. The first-order chi connectivity index (χ1) is 52.2. The molecule has 15 heterocycles. The van der Waals surface area contributed by atoms with Gasteiger partial charge in [-0.1, -0.05) is 0 Å². The van der Waals surface area contributed by atoms with Crippen molar-refractivity contribution in [1.82, 2.24) is 73.1 Å². The number of nitrogen functional groups attached to an aromatic ring is 1. The van der Waals surface area contributed by atoms with Gasteiger partial charge in [-0.05, 0) is 107 Å². The fourth-order valence-corrected chi connectivity index (χ4v) is 15.6. The Morgan fingerprint density at radius 3 is 1.17 bits per heavy atom. The van der Waals surface area contributed by atoms with Gasteiger partial charge in [0.15, 0.2) is 34.0 Å². The molecule has 3 aliphatic carbocycles. The number of fused-ring (bicyclic) bond motifs is 3. The average Bonchev–Trinajstić information content (AvgIpc) is 1.20. The Kier molecular flexibility index (Phi) is 19.6. The first-order valence-electron chi connectivity index (χ1n) is 36.6. The number of aromatic nitrogens is 15. The lowest BCUT2D eigenvalue weighted by molar-refractivity contribution is -0.127. The van der Waals surface area contributed by atoms with Crippen molar-refractivity contribution in [1.29, 1.82) is 0 Å². The zero-order valence-corrected chi connectivity index (χ0v) is 57.7. The van der Waals surface area contributed by atoms with E-state index >= 15 is 0 Å². The molecule has 0 radical (unpaired) electrons. The second-order valence-corrected chi connectivity index (χ2v) is 29.7. The van der Waals surface area contributed by atoms with E-state index < -0.39 is 48.4 Å². The van der Waals surface area contributed by atoms with Gasteiger partial charge in [-0.3, -0.25) is 23.6 Å². The quantitative estimate of drug-likeness (QED) is 0.0369. The number of carboxylic acids is 1. The molecule has 6 saturated heterocycles. The van der Waals surface area contributed by atoms with E-state index in [9.17, 15) is 50.6 Å². The van der Waals surface area contributed by atoms with Crippen LogP contribution in [0.2, 0.25) is 0 Å². The summed E-state index contributed by atoms with van der Waals surface area (Å²) >= 11 is 0. The zero-order valence-electron chi connectivity index (χ0n) is 59.7. The third-order valence-corrected chi connectivity index (χ3v) is 22.0. The molecule has 106 heavy (non-hydrogen) atoms. The highest BCUT2D eigenvalue weighted by molar-refractivity contribution is 6.09. The number of nitrogens with zero attached hydrogens (tertiary/aromatic N) is 18. The van der Waals surface area contributed by atoms with Crippen LogP contribution in [0.5, 0.6) is 0 Å². The summed E-state index contributed by atoms with van der Waals surface area (Å²) in [6.45, 7) is 10.2. The minimum atomic E-state index is -2.85. The van der Waals surface area contributed by atoms with Gasteiger partial charge in [-0.2, -0.15) is 30.6 Å². The van der Waals surface area contributed by atoms with Gasteiger partial charge in [-0.25, -0.2) is 59.6 Å². The summed E-state index contributed by atoms with van der Waals surface area (Å²) < 4.78 is 115. The van der Waals surface area contributed by atoms with Crippen LogP contribution in [-0.2, 0) is 19.0 Å². The summed E-state index contributed by atoms with van der Waals surface area (Å²) in [5.74, 6) is 0.709. The van der Waals surface area contributed by atoms with Crippen LogP contribution in [0.4, 0.5) is 60.9 Å². The Morgan fingerprint density at radius 1 is 0.528 bits per heavy atom. The summed E-state index contributed by atoms with van der Waals surface area (Å²) in [5, 5.41) is 57.1. The van der Waals surface area contributed by atoms with Crippen LogP contribution >= 0.6 is 0 Å². The first-order valence-corrected chi connectivity index (χ1v) is 35.6. The van der Waals surface area contributed by atoms with Crippen LogP contribution in [0, 0.1) is 34.0 Å². The molecule has 9 aromatic heterocycles. The number of hydrogen-bond donors (Lipinski definition) is 6. The number of carboxylic acid groups (broad SMARTS) is 1. The predicted octanol–water partition coefficient (Wildman–Crippen LogP) is 8.20. The third-order valence-electron chi connectivity index (χ3n) is 22.0. The van der Waals surface area contributed by atoms with E-state index in [0.717, 1.165) is 154 Å². The van der Waals surface area contributed by atoms with Crippen LogP contribution in [0.1, 0.15) is 166 Å². The summed E-state index contributed by atoms with van der Waals surface area (Å²) in [6.07, 6.45) is 15.8. The van der Waals surface area contributed by atoms with Gasteiger partial charge in [-0.15, -0.1) is 0 Å². The number of halogens is 6. The van der Waals surface area contributed by atoms with E-state index in [1.807, 2.05) is 18.2 Å². The van der Waals surface area contributed by atoms with Gasteiger partial charge < -0.3 is 65.4 Å². The maximum absolute atomic E-state index is 13.8.